The Morgan fingerprint density at radius 2 is 1.78 bits per heavy atom. The van der Waals surface area contributed by atoms with E-state index in [9.17, 15) is 8.42 Å². The third-order valence-corrected chi connectivity index (χ3v) is 6.77. The number of methoxy groups -OCH3 is 1. The van der Waals surface area contributed by atoms with E-state index in [0.717, 1.165) is 19.3 Å². The quantitative estimate of drug-likeness (QED) is 0.843. The molecule has 2 aliphatic carbocycles. The summed E-state index contributed by atoms with van der Waals surface area (Å²) in [5.41, 5.74) is 0. The molecule has 4 atom stereocenters. The predicted molar refractivity (Wildman–Crippen MR) is 69.0 cm³/mol. The van der Waals surface area contributed by atoms with Gasteiger partial charge < -0.3 is 4.74 Å². The summed E-state index contributed by atoms with van der Waals surface area (Å²) in [5.74, 6) is 0.716. The smallest absolute Gasteiger partial charge is 0.184 e. The third-order valence-electron chi connectivity index (χ3n) is 4.47. The molecule has 0 unspecified atom stereocenters. The van der Waals surface area contributed by atoms with Crippen molar-refractivity contribution in [3.63, 3.8) is 0 Å². The highest BCUT2D eigenvalue weighted by Crippen LogP contribution is 2.49. The van der Waals surface area contributed by atoms with Gasteiger partial charge in [0, 0.05) is 7.11 Å². The summed E-state index contributed by atoms with van der Waals surface area (Å²) in [7, 11) is -1.62. The molecule has 2 fully saturated rings. The molecule has 2 aliphatic rings. The SMILES string of the molecule is CO[C@@H]1[C@@H]2CC[C@@H](C2)[C@H]1S(=O)(=O)c1ccccc1. The van der Waals surface area contributed by atoms with Crippen molar-refractivity contribution in [3.05, 3.63) is 30.3 Å². The Morgan fingerprint density at radius 3 is 2.44 bits per heavy atom. The Labute approximate surface area is 108 Å². The molecule has 0 radical (unpaired) electrons. The molecule has 2 bridgehead atoms. The van der Waals surface area contributed by atoms with Crippen LogP contribution < -0.4 is 0 Å². The molecule has 98 valence electrons. The van der Waals surface area contributed by atoms with E-state index in [1.807, 2.05) is 6.07 Å². The van der Waals surface area contributed by atoms with Gasteiger partial charge in [0.15, 0.2) is 9.84 Å². The second kappa shape index (κ2) is 4.35. The molecule has 1 aromatic rings. The van der Waals surface area contributed by atoms with Crippen molar-refractivity contribution < 1.29 is 13.2 Å². The average molecular weight is 266 g/mol. The van der Waals surface area contributed by atoms with Gasteiger partial charge in [-0.3, -0.25) is 0 Å². The van der Waals surface area contributed by atoms with Crippen molar-refractivity contribution in [1.29, 1.82) is 0 Å². The molecule has 0 spiro atoms. The summed E-state index contributed by atoms with van der Waals surface area (Å²) in [6, 6.07) is 8.78. The first-order valence-electron chi connectivity index (χ1n) is 6.46. The normalized spacial score (nSPS) is 34.9. The van der Waals surface area contributed by atoms with Gasteiger partial charge in [-0.15, -0.1) is 0 Å². The van der Waals surface area contributed by atoms with E-state index in [0.29, 0.717) is 10.8 Å². The molecule has 0 aromatic heterocycles. The molecule has 4 heteroatoms. The fourth-order valence-electron chi connectivity index (χ4n) is 3.71. The first-order chi connectivity index (χ1) is 8.64. The standard InChI is InChI=1S/C14H18O3S/c1-17-13-10-7-8-11(9-10)14(13)18(15,16)12-5-3-2-4-6-12/h2-6,10-11,13-14H,7-9H2,1H3/t10-,11+,13-,14-/m1/s1. The lowest BCUT2D eigenvalue weighted by Gasteiger charge is -2.29. The Hall–Kier alpha value is -0.870. The van der Waals surface area contributed by atoms with Crippen LogP contribution in [0.25, 0.3) is 0 Å². The topological polar surface area (TPSA) is 43.4 Å². The Balaban J connectivity index is 1.99. The van der Waals surface area contributed by atoms with Crippen molar-refractivity contribution in [3.8, 4) is 0 Å². The van der Waals surface area contributed by atoms with E-state index in [4.69, 9.17) is 4.74 Å². The molecule has 18 heavy (non-hydrogen) atoms. The van der Waals surface area contributed by atoms with E-state index in [-0.39, 0.29) is 17.3 Å². The van der Waals surface area contributed by atoms with Gasteiger partial charge >= 0.3 is 0 Å². The maximum atomic E-state index is 12.7. The Kier molecular flexibility index (Phi) is 2.94. The van der Waals surface area contributed by atoms with Crippen LogP contribution in [-0.4, -0.2) is 26.9 Å². The predicted octanol–water partition coefficient (Wildman–Crippen LogP) is 2.27. The van der Waals surface area contributed by atoms with Crippen LogP contribution in [-0.2, 0) is 14.6 Å². The summed E-state index contributed by atoms with van der Waals surface area (Å²) in [6.07, 6.45) is 3.04. The molecule has 1 aromatic carbocycles. The van der Waals surface area contributed by atoms with Crippen LogP contribution in [0.4, 0.5) is 0 Å². The molecule has 0 heterocycles. The minimum Gasteiger partial charge on any atom is -0.380 e. The molecule has 0 aliphatic heterocycles. The van der Waals surface area contributed by atoms with Crippen LogP contribution in [0.3, 0.4) is 0 Å². The summed E-state index contributed by atoms with van der Waals surface area (Å²) >= 11 is 0. The first-order valence-corrected chi connectivity index (χ1v) is 8.01. The second-order valence-corrected chi connectivity index (χ2v) is 7.46. The largest absolute Gasteiger partial charge is 0.380 e. The lowest BCUT2D eigenvalue weighted by Crippen LogP contribution is -2.40. The molecule has 0 N–H and O–H groups in total. The zero-order valence-electron chi connectivity index (χ0n) is 10.5. The average Bonchev–Trinajstić information content (AvgIpc) is 2.99. The minimum absolute atomic E-state index is 0.117. The third kappa shape index (κ3) is 1.70. The van der Waals surface area contributed by atoms with E-state index >= 15 is 0 Å². The zero-order valence-corrected chi connectivity index (χ0v) is 11.3. The molecule has 3 rings (SSSR count). The van der Waals surface area contributed by atoms with Crippen LogP contribution in [0.5, 0.6) is 0 Å². The number of ether oxygens (including phenoxy) is 1. The molecular formula is C14H18O3S. The van der Waals surface area contributed by atoms with Gasteiger partial charge in [-0.2, -0.15) is 0 Å². The molecule has 3 nitrogen and oxygen atoms in total. The first kappa shape index (κ1) is 12.2. The van der Waals surface area contributed by atoms with Gasteiger partial charge in [0.2, 0.25) is 0 Å². The molecule has 0 saturated heterocycles. The van der Waals surface area contributed by atoms with Gasteiger partial charge in [0.05, 0.1) is 16.2 Å². The van der Waals surface area contributed by atoms with E-state index in [1.54, 1.807) is 31.4 Å². The Morgan fingerprint density at radius 1 is 1.11 bits per heavy atom. The van der Waals surface area contributed by atoms with Crippen molar-refractivity contribution in [1.82, 2.24) is 0 Å². The van der Waals surface area contributed by atoms with Crippen molar-refractivity contribution >= 4 is 9.84 Å². The highest BCUT2D eigenvalue weighted by atomic mass is 32.2. The van der Waals surface area contributed by atoms with Crippen molar-refractivity contribution in [2.24, 2.45) is 11.8 Å². The fourth-order valence-corrected chi connectivity index (χ4v) is 6.00. The lowest BCUT2D eigenvalue weighted by atomic mass is 9.97. The number of sulfone groups is 1. The maximum Gasteiger partial charge on any atom is 0.184 e. The Bertz CT molecular complexity index is 523. The number of rotatable bonds is 3. The van der Waals surface area contributed by atoms with E-state index in [2.05, 4.69) is 0 Å². The van der Waals surface area contributed by atoms with Gasteiger partial charge in [-0.05, 0) is 43.2 Å². The van der Waals surface area contributed by atoms with E-state index < -0.39 is 9.84 Å². The fraction of sp³-hybridized carbons (Fsp3) is 0.571. The number of hydrogen-bond donors (Lipinski definition) is 0. The molecule has 0 amide bonds. The summed E-state index contributed by atoms with van der Waals surface area (Å²) in [4.78, 5) is 0.435. The van der Waals surface area contributed by atoms with Crippen molar-refractivity contribution in [2.45, 2.75) is 35.5 Å². The number of hydrogen-bond acceptors (Lipinski definition) is 3. The highest BCUT2D eigenvalue weighted by molar-refractivity contribution is 7.92. The van der Waals surface area contributed by atoms with Gasteiger partial charge in [-0.1, -0.05) is 18.2 Å². The van der Waals surface area contributed by atoms with Gasteiger partial charge in [0.1, 0.15) is 0 Å². The maximum absolute atomic E-state index is 12.7. The van der Waals surface area contributed by atoms with E-state index in [1.165, 1.54) is 0 Å². The second-order valence-electron chi connectivity index (χ2n) is 5.36. The monoisotopic (exact) mass is 266 g/mol. The summed E-state index contributed by atoms with van der Waals surface area (Å²) in [6.45, 7) is 0. The molecular weight excluding hydrogens is 248 g/mol. The van der Waals surface area contributed by atoms with Crippen LogP contribution in [0.1, 0.15) is 19.3 Å². The van der Waals surface area contributed by atoms with Crippen LogP contribution in [0.15, 0.2) is 35.2 Å². The number of benzene rings is 1. The van der Waals surface area contributed by atoms with Gasteiger partial charge in [0.25, 0.3) is 0 Å². The minimum atomic E-state index is -3.26. The zero-order chi connectivity index (χ0) is 12.8. The number of fused-ring (bicyclic) bond motifs is 2. The highest BCUT2D eigenvalue weighted by Gasteiger charge is 2.53. The summed E-state index contributed by atoms with van der Waals surface area (Å²) < 4.78 is 30.9. The summed E-state index contributed by atoms with van der Waals surface area (Å²) in [5, 5.41) is -0.344. The van der Waals surface area contributed by atoms with Crippen LogP contribution >= 0.6 is 0 Å². The van der Waals surface area contributed by atoms with Crippen LogP contribution in [0.2, 0.25) is 0 Å². The van der Waals surface area contributed by atoms with Gasteiger partial charge in [-0.25, -0.2) is 8.42 Å². The van der Waals surface area contributed by atoms with Crippen molar-refractivity contribution in [2.75, 3.05) is 7.11 Å². The van der Waals surface area contributed by atoms with Crippen LogP contribution in [0, 0.1) is 11.8 Å². The lowest BCUT2D eigenvalue weighted by molar-refractivity contribution is 0.0597. The molecule has 2 saturated carbocycles.